The van der Waals surface area contributed by atoms with E-state index in [4.69, 9.17) is 28.2 Å². The summed E-state index contributed by atoms with van der Waals surface area (Å²) >= 11 is 12.5. The van der Waals surface area contributed by atoms with Gasteiger partial charge in [0.05, 0.1) is 27.0 Å². The summed E-state index contributed by atoms with van der Waals surface area (Å²) in [5.41, 5.74) is 5.94. The van der Waals surface area contributed by atoms with Crippen LogP contribution in [-0.2, 0) is 0 Å². The van der Waals surface area contributed by atoms with E-state index in [1.165, 1.54) is 12.1 Å². The molecule has 0 spiro atoms. The molecule has 0 bridgehead atoms. The second-order valence-corrected chi connectivity index (χ2v) is 9.94. The summed E-state index contributed by atoms with van der Waals surface area (Å²) < 4.78 is 13.9. The number of ketones is 1. The summed E-state index contributed by atoms with van der Waals surface area (Å²) in [7, 11) is 0. The average Bonchev–Trinajstić information content (AvgIpc) is 3.09. The van der Waals surface area contributed by atoms with E-state index in [1.54, 1.807) is 24.3 Å². The van der Waals surface area contributed by atoms with E-state index >= 15 is 0 Å². The number of halogens is 3. The van der Waals surface area contributed by atoms with Gasteiger partial charge >= 0.3 is 0 Å². The van der Waals surface area contributed by atoms with E-state index in [-0.39, 0.29) is 16.7 Å². The summed E-state index contributed by atoms with van der Waals surface area (Å²) in [5, 5.41) is 12.3. The molecule has 6 heteroatoms. The van der Waals surface area contributed by atoms with E-state index in [0.717, 1.165) is 5.56 Å². The number of hydrogen-bond acceptors (Lipinski definition) is 3. The van der Waals surface area contributed by atoms with Gasteiger partial charge in [-0.25, -0.2) is 4.39 Å². The molecule has 1 N–H and O–H groups in total. The van der Waals surface area contributed by atoms with E-state index in [9.17, 15) is 14.3 Å². The molecule has 176 valence electrons. The molecule has 0 saturated heterocycles. The Balaban J connectivity index is 1.89. The second kappa shape index (κ2) is 8.87. The van der Waals surface area contributed by atoms with Crippen molar-refractivity contribution in [3.8, 4) is 22.4 Å². The van der Waals surface area contributed by atoms with Crippen molar-refractivity contribution >= 4 is 29.0 Å². The number of benzene rings is 3. The standard InChI is InChI=1S/C29H22Cl2FNO2/c1-14(2)26-24(28(34)17-6-4-15(3)5-7-17)23(16-8-10-18(32)11-9-16)25-27(33-26)19-12-21(30)22(31)13-20(19)29(25)35/h4-14,28,34H,1-3H3. The Hall–Kier alpha value is -3.05. The molecule has 3 nitrogen and oxygen atoms in total. The number of aryl methyl sites for hydroxylation is 1. The maximum absolute atomic E-state index is 13.9. The summed E-state index contributed by atoms with van der Waals surface area (Å²) in [5.74, 6) is -0.720. The molecule has 1 heterocycles. The monoisotopic (exact) mass is 505 g/mol. The van der Waals surface area contributed by atoms with Gasteiger partial charge in [0.1, 0.15) is 11.9 Å². The molecule has 4 aromatic rings. The SMILES string of the molecule is Cc1ccc(C(O)c2c(C(C)C)nc3c(c2-c2ccc(F)cc2)C(=O)c2cc(Cl)c(Cl)cc2-3)cc1. The van der Waals surface area contributed by atoms with Gasteiger partial charge in [-0.3, -0.25) is 9.78 Å². The van der Waals surface area contributed by atoms with Gasteiger partial charge in [0.25, 0.3) is 0 Å². The fraction of sp³-hybridized carbons (Fsp3) is 0.172. The summed E-state index contributed by atoms with van der Waals surface area (Å²) in [6, 6.07) is 16.7. The van der Waals surface area contributed by atoms with Crippen LogP contribution in [0.2, 0.25) is 10.0 Å². The highest BCUT2D eigenvalue weighted by molar-refractivity contribution is 6.43. The zero-order valence-electron chi connectivity index (χ0n) is 19.4. The van der Waals surface area contributed by atoms with Gasteiger partial charge in [-0.2, -0.15) is 0 Å². The first-order chi connectivity index (χ1) is 16.7. The van der Waals surface area contributed by atoms with Gasteiger partial charge < -0.3 is 5.11 Å². The zero-order valence-corrected chi connectivity index (χ0v) is 20.9. The van der Waals surface area contributed by atoms with Gasteiger partial charge in [-0.15, -0.1) is 0 Å². The van der Waals surface area contributed by atoms with Gasteiger partial charge in [0.2, 0.25) is 0 Å². The Kier molecular flexibility index (Phi) is 6.00. The van der Waals surface area contributed by atoms with Gasteiger partial charge in [0.15, 0.2) is 5.78 Å². The minimum Gasteiger partial charge on any atom is -0.384 e. The third-order valence-electron chi connectivity index (χ3n) is 6.40. The first-order valence-corrected chi connectivity index (χ1v) is 12.1. The third-order valence-corrected chi connectivity index (χ3v) is 7.12. The van der Waals surface area contributed by atoms with Crippen molar-refractivity contribution in [2.24, 2.45) is 0 Å². The van der Waals surface area contributed by atoms with Crippen LogP contribution in [0.4, 0.5) is 4.39 Å². The molecule has 0 radical (unpaired) electrons. The molecule has 0 fully saturated rings. The second-order valence-electron chi connectivity index (χ2n) is 9.13. The highest BCUT2D eigenvalue weighted by Crippen LogP contribution is 2.48. The van der Waals surface area contributed by atoms with Crippen molar-refractivity contribution in [1.29, 1.82) is 0 Å². The topological polar surface area (TPSA) is 50.2 Å². The lowest BCUT2D eigenvalue weighted by Gasteiger charge is -2.24. The van der Waals surface area contributed by atoms with E-state index in [1.807, 2.05) is 45.0 Å². The van der Waals surface area contributed by atoms with E-state index in [2.05, 4.69) is 0 Å². The van der Waals surface area contributed by atoms with Gasteiger partial charge in [0, 0.05) is 22.3 Å². The number of carbonyl (C=O) groups is 1. The van der Waals surface area contributed by atoms with Crippen LogP contribution in [0.15, 0.2) is 60.7 Å². The summed E-state index contributed by atoms with van der Waals surface area (Å²) in [4.78, 5) is 18.7. The molecule has 1 atom stereocenters. The molecule has 0 saturated carbocycles. The van der Waals surface area contributed by atoms with Crippen molar-refractivity contribution in [2.45, 2.75) is 32.8 Å². The quantitative estimate of drug-likeness (QED) is 0.269. The fourth-order valence-corrected chi connectivity index (χ4v) is 4.97. The minimum atomic E-state index is -1.05. The number of aliphatic hydroxyl groups is 1. The molecule has 5 rings (SSSR count). The summed E-state index contributed by atoms with van der Waals surface area (Å²) in [6.45, 7) is 5.95. The molecule has 1 unspecified atom stereocenters. The molecule has 1 aromatic heterocycles. The fourth-order valence-electron chi connectivity index (χ4n) is 4.65. The normalized spacial score (nSPS) is 13.2. The molecular weight excluding hydrogens is 484 g/mol. The molecule has 1 aliphatic carbocycles. The van der Waals surface area contributed by atoms with Crippen LogP contribution in [0.1, 0.15) is 64.2 Å². The number of fused-ring (bicyclic) bond motifs is 3. The molecular formula is C29H22Cl2FNO2. The number of aromatic nitrogens is 1. The lowest BCUT2D eigenvalue weighted by Crippen LogP contribution is -2.13. The number of pyridine rings is 1. The van der Waals surface area contributed by atoms with Gasteiger partial charge in [-0.05, 0) is 48.2 Å². The zero-order chi connectivity index (χ0) is 25.0. The van der Waals surface area contributed by atoms with Crippen molar-refractivity contribution < 1.29 is 14.3 Å². The Morgan fingerprint density at radius 2 is 1.49 bits per heavy atom. The van der Waals surface area contributed by atoms with Crippen LogP contribution in [0.25, 0.3) is 22.4 Å². The number of aliphatic hydroxyl groups excluding tert-OH is 1. The van der Waals surface area contributed by atoms with Crippen LogP contribution in [-0.4, -0.2) is 15.9 Å². The van der Waals surface area contributed by atoms with Crippen molar-refractivity contribution in [1.82, 2.24) is 4.98 Å². The minimum absolute atomic E-state index is 0.0727. The maximum atomic E-state index is 13.9. The molecule has 0 aliphatic heterocycles. The average molecular weight is 506 g/mol. The van der Waals surface area contributed by atoms with Crippen molar-refractivity contribution in [3.05, 3.63) is 110 Å². The first kappa shape index (κ1) is 23.7. The molecule has 0 amide bonds. The predicted molar refractivity (Wildman–Crippen MR) is 138 cm³/mol. The largest absolute Gasteiger partial charge is 0.384 e. The molecule has 3 aromatic carbocycles. The smallest absolute Gasteiger partial charge is 0.196 e. The molecule has 1 aliphatic rings. The Labute approximate surface area is 213 Å². The maximum Gasteiger partial charge on any atom is 0.196 e. The summed E-state index contributed by atoms with van der Waals surface area (Å²) in [6.07, 6.45) is -1.05. The molecule has 35 heavy (non-hydrogen) atoms. The van der Waals surface area contributed by atoms with Crippen LogP contribution < -0.4 is 0 Å². The number of nitrogens with zero attached hydrogens (tertiary/aromatic N) is 1. The highest BCUT2D eigenvalue weighted by atomic mass is 35.5. The third kappa shape index (κ3) is 3.96. The number of hydrogen-bond donors (Lipinski definition) is 1. The Bertz CT molecular complexity index is 1480. The van der Waals surface area contributed by atoms with E-state index < -0.39 is 11.9 Å². The highest BCUT2D eigenvalue weighted by Gasteiger charge is 2.37. The van der Waals surface area contributed by atoms with Crippen LogP contribution in [0.5, 0.6) is 0 Å². The number of carbonyl (C=O) groups excluding carboxylic acids is 1. The van der Waals surface area contributed by atoms with Crippen LogP contribution >= 0.6 is 23.2 Å². The Morgan fingerprint density at radius 1 is 0.886 bits per heavy atom. The first-order valence-electron chi connectivity index (χ1n) is 11.3. The van der Waals surface area contributed by atoms with E-state index in [0.29, 0.717) is 55.4 Å². The van der Waals surface area contributed by atoms with Crippen molar-refractivity contribution in [3.63, 3.8) is 0 Å². The lowest BCUT2D eigenvalue weighted by atomic mass is 9.84. The van der Waals surface area contributed by atoms with Crippen LogP contribution in [0, 0.1) is 12.7 Å². The van der Waals surface area contributed by atoms with Crippen LogP contribution in [0.3, 0.4) is 0 Å². The van der Waals surface area contributed by atoms with Gasteiger partial charge in [-0.1, -0.05) is 79.0 Å². The number of rotatable bonds is 4. The Morgan fingerprint density at radius 3 is 2.09 bits per heavy atom. The lowest BCUT2D eigenvalue weighted by molar-refractivity contribution is 0.104. The van der Waals surface area contributed by atoms with Crippen molar-refractivity contribution in [2.75, 3.05) is 0 Å². The predicted octanol–water partition coefficient (Wildman–Crippen LogP) is 7.92.